The van der Waals surface area contributed by atoms with E-state index >= 15 is 0 Å². The number of hydrogen-bond donors (Lipinski definition) is 1. The van der Waals surface area contributed by atoms with Crippen molar-refractivity contribution in [3.05, 3.63) is 39.7 Å². The summed E-state index contributed by atoms with van der Waals surface area (Å²) in [6.45, 7) is 0.464. The van der Waals surface area contributed by atoms with Crippen LogP contribution in [0, 0.1) is 21.3 Å². The largest absolute Gasteiger partial charge is 0.351 e. The van der Waals surface area contributed by atoms with Crippen LogP contribution in [-0.4, -0.2) is 22.7 Å². The molecule has 1 amide bonds. The fourth-order valence-corrected chi connectivity index (χ4v) is 3.45. The highest BCUT2D eigenvalue weighted by atomic mass is 79.9. The Morgan fingerprint density at radius 3 is 2.67 bits per heavy atom. The van der Waals surface area contributed by atoms with Crippen LogP contribution in [0.25, 0.3) is 0 Å². The van der Waals surface area contributed by atoms with Gasteiger partial charge in [-0.3, -0.25) is 14.9 Å². The third-order valence-electron chi connectivity index (χ3n) is 3.97. The summed E-state index contributed by atoms with van der Waals surface area (Å²) in [5.74, 6) is -1.26. The van der Waals surface area contributed by atoms with Crippen LogP contribution in [0.1, 0.15) is 36.0 Å². The summed E-state index contributed by atoms with van der Waals surface area (Å²) in [5, 5.41) is 14.4. The van der Waals surface area contributed by atoms with Gasteiger partial charge in [-0.05, 0) is 30.4 Å². The van der Waals surface area contributed by atoms with Crippen LogP contribution in [0.15, 0.2) is 18.2 Å². The SMILES string of the molecule is O=C(NCC1(CBr)CCCC1)c1ccc(F)cc1[N+](=O)[O-]. The third-order valence-corrected chi connectivity index (χ3v) is 5.16. The van der Waals surface area contributed by atoms with Gasteiger partial charge in [0, 0.05) is 11.9 Å². The summed E-state index contributed by atoms with van der Waals surface area (Å²) in [4.78, 5) is 22.3. The van der Waals surface area contributed by atoms with Gasteiger partial charge >= 0.3 is 0 Å². The molecule has 0 bridgehead atoms. The van der Waals surface area contributed by atoms with Gasteiger partial charge in [-0.2, -0.15) is 0 Å². The minimum Gasteiger partial charge on any atom is -0.351 e. The van der Waals surface area contributed by atoms with Crippen LogP contribution in [-0.2, 0) is 0 Å². The predicted octanol–water partition coefficient (Wildman–Crippen LogP) is 3.42. The van der Waals surface area contributed by atoms with Gasteiger partial charge < -0.3 is 5.32 Å². The number of nitro benzene ring substituents is 1. The van der Waals surface area contributed by atoms with Gasteiger partial charge in [0.05, 0.1) is 11.0 Å². The first kappa shape index (κ1) is 15.9. The molecule has 0 spiro atoms. The lowest BCUT2D eigenvalue weighted by Gasteiger charge is -2.26. The average molecular weight is 359 g/mol. The molecule has 0 aliphatic heterocycles. The standard InChI is InChI=1S/C14H16BrFN2O3/c15-8-14(5-1-2-6-14)9-17-13(19)11-4-3-10(16)7-12(11)18(20)21/h3-4,7H,1-2,5-6,8-9H2,(H,17,19). The Hall–Kier alpha value is -1.50. The van der Waals surface area contributed by atoms with Crippen molar-refractivity contribution in [3.8, 4) is 0 Å². The lowest BCUT2D eigenvalue weighted by atomic mass is 9.89. The highest BCUT2D eigenvalue weighted by Crippen LogP contribution is 2.39. The van der Waals surface area contributed by atoms with Crippen molar-refractivity contribution in [2.75, 3.05) is 11.9 Å². The summed E-state index contributed by atoms with van der Waals surface area (Å²) in [5.41, 5.74) is -0.597. The number of hydrogen-bond acceptors (Lipinski definition) is 3. The highest BCUT2D eigenvalue weighted by molar-refractivity contribution is 9.09. The maximum Gasteiger partial charge on any atom is 0.285 e. The summed E-state index contributed by atoms with van der Waals surface area (Å²) < 4.78 is 13.1. The van der Waals surface area contributed by atoms with Crippen LogP contribution >= 0.6 is 15.9 Å². The van der Waals surface area contributed by atoms with Gasteiger partial charge in [-0.1, -0.05) is 28.8 Å². The van der Waals surface area contributed by atoms with Gasteiger partial charge in [0.1, 0.15) is 11.4 Å². The second-order valence-electron chi connectivity index (χ2n) is 5.44. The maximum atomic E-state index is 13.1. The van der Waals surface area contributed by atoms with E-state index in [0.29, 0.717) is 6.54 Å². The summed E-state index contributed by atoms with van der Waals surface area (Å²) >= 11 is 3.48. The van der Waals surface area contributed by atoms with E-state index < -0.39 is 22.3 Å². The smallest absolute Gasteiger partial charge is 0.285 e. The molecule has 1 aromatic carbocycles. The Labute approximate surface area is 130 Å². The number of amides is 1. The summed E-state index contributed by atoms with van der Waals surface area (Å²) in [6, 6.07) is 2.97. The number of carbonyl (C=O) groups excluding carboxylic acids is 1. The molecule has 1 aliphatic carbocycles. The molecule has 0 radical (unpaired) electrons. The molecular weight excluding hydrogens is 343 g/mol. The van der Waals surface area contributed by atoms with Crippen LogP contribution in [0.4, 0.5) is 10.1 Å². The molecule has 7 heteroatoms. The highest BCUT2D eigenvalue weighted by Gasteiger charge is 2.33. The minimum absolute atomic E-state index is 0.0183. The predicted molar refractivity (Wildman–Crippen MR) is 80.1 cm³/mol. The first-order valence-electron chi connectivity index (χ1n) is 6.75. The number of halogens is 2. The Kier molecular flexibility index (Phi) is 4.92. The Morgan fingerprint density at radius 2 is 2.10 bits per heavy atom. The molecule has 0 unspecified atom stereocenters. The molecule has 1 aliphatic rings. The molecule has 0 saturated heterocycles. The van der Waals surface area contributed by atoms with E-state index in [-0.39, 0.29) is 11.0 Å². The number of nitrogens with zero attached hydrogens (tertiary/aromatic N) is 1. The summed E-state index contributed by atoms with van der Waals surface area (Å²) in [7, 11) is 0. The fraction of sp³-hybridized carbons (Fsp3) is 0.500. The third kappa shape index (κ3) is 3.58. The quantitative estimate of drug-likeness (QED) is 0.497. The molecule has 2 rings (SSSR count). The normalized spacial score (nSPS) is 16.7. The van der Waals surface area contributed by atoms with Gasteiger partial charge in [-0.25, -0.2) is 4.39 Å². The molecule has 21 heavy (non-hydrogen) atoms. The van der Waals surface area contributed by atoms with Crippen molar-refractivity contribution >= 4 is 27.5 Å². The van der Waals surface area contributed by atoms with Crippen molar-refractivity contribution in [2.45, 2.75) is 25.7 Å². The second-order valence-corrected chi connectivity index (χ2v) is 6.00. The summed E-state index contributed by atoms with van der Waals surface area (Å²) in [6.07, 6.45) is 4.28. The van der Waals surface area contributed by atoms with E-state index in [2.05, 4.69) is 21.2 Å². The van der Waals surface area contributed by atoms with Crippen LogP contribution < -0.4 is 5.32 Å². The Morgan fingerprint density at radius 1 is 1.43 bits per heavy atom. The van der Waals surface area contributed by atoms with E-state index in [1.165, 1.54) is 0 Å². The topological polar surface area (TPSA) is 72.2 Å². The first-order chi connectivity index (χ1) is 9.97. The van der Waals surface area contributed by atoms with Crippen LogP contribution in [0.5, 0.6) is 0 Å². The van der Waals surface area contributed by atoms with E-state index in [4.69, 9.17) is 0 Å². The molecule has 114 valence electrons. The van der Waals surface area contributed by atoms with Crippen LogP contribution in [0.3, 0.4) is 0 Å². The molecule has 0 aromatic heterocycles. The van der Waals surface area contributed by atoms with Crippen molar-refractivity contribution in [1.82, 2.24) is 5.32 Å². The van der Waals surface area contributed by atoms with Gasteiger partial charge in [0.15, 0.2) is 0 Å². The zero-order valence-electron chi connectivity index (χ0n) is 11.4. The molecule has 0 heterocycles. The molecule has 1 fully saturated rings. The molecule has 1 aromatic rings. The van der Waals surface area contributed by atoms with Crippen molar-refractivity contribution in [2.24, 2.45) is 5.41 Å². The second kappa shape index (κ2) is 6.51. The van der Waals surface area contributed by atoms with Crippen molar-refractivity contribution in [1.29, 1.82) is 0 Å². The van der Waals surface area contributed by atoms with Gasteiger partial charge in [0.2, 0.25) is 0 Å². The maximum absolute atomic E-state index is 13.1. The number of alkyl halides is 1. The molecule has 0 atom stereocenters. The number of nitrogens with one attached hydrogen (secondary N) is 1. The minimum atomic E-state index is -0.742. The van der Waals surface area contributed by atoms with Gasteiger partial charge in [-0.15, -0.1) is 0 Å². The lowest BCUT2D eigenvalue weighted by Crippen LogP contribution is -2.37. The van der Waals surface area contributed by atoms with Crippen LogP contribution in [0.2, 0.25) is 0 Å². The number of benzene rings is 1. The lowest BCUT2D eigenvalue weighted by molar-refractivity contribution is -0.385. The van der Waals surface area contributed by atoms with Gasteiger partial charge in [0.25, 0.3) is 11.6 Å². The Balaban J connectivity index is 2.12. The average Bonchev–Trinajstić information content (AvgIpc) is 2.94. The molecular formula is C14H16BrFN2O3. The van der Waals surface area contributed by atoms with E-state index in [0.717, 1.165) is 49.2 Å². The number of rotatable bonds is 5. The Bertz CT molecular complexity index is 559. The van der Waals surface area contributed by atoms with E-state index in [9.17, 15) is 19.3 Å². The van der Waals surface area contributed by atoms with Crippen molar-refractivity contribution in [3.63, 3.8) is 0 Å². The fourth-order valence-electron chi connectivity index (χ4n) is 2.69. The molecule has 1 saturated carbocycles. The van der Waals surface area contributed by atoms with E-state index in [1.54, 1.807) is 0 Å². The number of nitro groups is 1. The number of carbonyl (C=O) groups is 1. The molecule has 1 N–H and O–H groups in total. The monoisotopic (exact) mass is 358 g/mol. The van der Waals surface area contributed by atoms with E-state index in [1.807, 2.05) is 0 Å². The zero-order valence-corrected chi connectivity index (χ0v) is 13.0. The zero-order chi connectivity index (χ0) is 15.5. The van der Waals surface area contributed by atoms with Crippen molar-refractivity contribution < 1.29 is 14.1 Å². The molecule has 5 nitrogen and oxygen atoms in total. The first-order valence-corrected chi connectivity index (χ1v) is 7.88.